The van der Waals surface area contributed by atoms with Gasteiger partial charge in [0.1, 0.15) is 0 Å². The molecule has 0 saturated carbocycles. The van der Waals surface area contributed by atoms with E-state index in [1.54, 1.807) is 0 Å². The fourth-order valence-corrected chi connectivity index (χ4v) is 3.15. The number of carbonyl (C=O) groups excluding carboxylic acids is 1. The van der Waals surface area contributed by atoms with E-state index in [9.17, 15) is 4.79 Å². The van der Waals surface area contributed by atoms with E-state index in [1.165, 1.54) is 0 Å². The predicted molar refractivity (Wildman–Crippen MR) is 76.6 cm³/mol. The van der Waals surface area contributed by atoms with Crippen LogP contribution in [0.5, 0.6) is 0 Å². The number of nitrogens with zero attached hydrogens (tertiary/aromatic N) is 3. The van der Waals surface area contributed by atoms with Gasteiger partial charge >= 0.3 is 0 Å². The van der Waals surface area contributed by atoms with Crippen molar-refractivity contribution in [1.82, 2.24) is 15.0 Å². The summed E-state index contributed by atoms with van der Waals surface area (Å²) in [6, 6.07) is 1.97. The predicted octanol–water partition coefficient (Wildman–Crippen LogP) is 1.05. The molecule has 2 fully saturated rings. The lowest BCUT2D eigenvalue weighted by molar-refractivity contribution is -0.141. The Kier molecular flexibility index (Phi) is 4.55. The van der Waals surface area contributed by atoms with E-state index in [-0.39, 0.29) is 11.8 Å². The van der Waals surface area contributed by atoms with Crippen molar-refractivity contribution in [1.29, 1.82) is 0 Å². The molecule has 6 heteroatoms. The summed E-state index contributed by atoms with van der Waals surface area (Å²) in [6.07, 6.45) is 2.05. The summed E-state index contributed by atoms with van der Waals surface area (Å²) < 4.78 is 10.6. The van der Waals surface area contributed by atoms with Crippen molar-refractivity contribution < 1.29 is 14.1 Å². The van der Waals surface area contributed by atoms with Gasteiger partial charge in [-0.05, 0) is 26.3 Å². The maximum absolute atomic E-state index is 12.6. The van der Waals surface area contributed by atoms with Crippen LogP contribution in [0.4, 0.5) is 0 Å². The number of amides is 1. The van der Waals surface area contributed by atoms with Crippen molar-refractivity contribution in [3.8, 4) is 0 Å². The van der Waals surface area contributed by atoms with Crippen LogP contribution in [0.15, 0.2) is 10.6 Å². The molecular formula is C15H23N3O3. The first kappa shape index (κ1) is 14.5. The smallest absolute Gasteiger partial charge is 0.227 e. The number of aromatic nitrogens is 1. The van der Waals surface area contributed by atoms with Crippen molar-refractivity contribution in [3.63, 3.8) is 0 Å². The molecule has 3 rings (SSSR count). The van der Waals surface area contributed by atoms with E-state index >= 15 is 0 Å². The maximum atomic E-state index is 12.6. The van der Waals surface area contributed by atoms with Gasteiger partial charge in [-0.2, -0.15) is 0 Å². The van der Waals surface area contributed by atoms with Crippen LogP contribution in [0, 0.1) is 12.8 Å². The first-order chi connectivity index (χ1) is 10.2. The molecule has 2 aliphatic heterocycles. The Labute approximate surface area is 125 Å². The number of aryl methyl sites for hydroxylation is 1. The highest BCUT2D eigenvalue weighted by Gasteiger charge is 2.30. The summed E-state index contributed by atoms with van der Waals surface area (Å²) in [7, 11) is 0. The summed E-state index contributed by atoms with van der Waals surface area (Å²) in [5, 5.41) is 3.92. The van der Waals surface area contributed by atoms with Gasteiger partial charge in [0.25, 0.3) is 0 Å². The lowest BCUT2D eigenvalue weighted by Crippen LogP contribution is -2.48. The SMILES string of the molecule is Cc1cc(CN2CCC[C@H](C(=O)N3CCOCC3)C2)on1. The molecule has 1 amide bonds. The molecule has 0 aliphatic carbocycles. The van der Waals surface area contributed by atoms with Crippen molar-refractivity contribution in [3.05, 3.63) is 17.5 Å². The van der Waals surface area contributed by atoms with Gasteiger partial charge in [-0.15, -0.1) is 0 Å². The molecule has 0 spiro atoms. The topological polar surface area (TPSA) is 58.8 Å². The van der Waals surface area contributed by atoms with E-state index in [4.69, 9.17) is 9.26 Å². The summed E-state index contributed by atoms with van der Waals surface area (Å²) in [5.41, 5.74) is 0.906. The van der Waals surface area contributed by atoms with E-state index in [1.807, 2.05) is 17.9 Å². The monoisotopic (exact) mass is 293 g/mol. The lowest BCUT2D eigenvalue weighted by atomic mass is 9.96. The van der Waals surface area contributed by atoms with Crippen LogP contribution < -0.4 is 0 Å². The Morgan fingerprint density at radius 2 is 2.19 bits per heavy atom. The van der Waals surface area contributed by atoms with Crippen LogP contribution >= 0.6 is 0 Å². The lowest BCUT2D eigenvalue weighted by Gasteiger charge is -2.35. The maximum Gasteiger partial charge on any atom is 0.227 e. The van der Waals surface area contributed by atoms with Gasteiger partial charge < -0.3 is 14.2 Å². The highest BCUT2D eigenvalue weighted by atomic mass is 16.5. The van der Waals surface area contributed by atoms with Crippen LogP contribution in [-0.2, 0) is 16.1 Å². The van der Waals surface area contributed by atoms with E-state index in [0.717, 1.165) is 57.0 Å². The molecule has 2 aliphatic rings. The molecule has 3 heterocycles. The third-order valence-corrected chi connectivity index (χ3v) is 4.23. The minimum atomic E-state index is 0.112. The second kappa shape index (κ2) is 6.58. The zero-order valence-corrected chi connectivity index (χ0v) is 12.6. The molecule has 1 aromatic rings. The fourth-order valence-electron chi connectivity index (χ4n) is 3.15. The van der Waals surface area contributed by atoms with Gasteiger partial charge in [-0.1, -0.05) is 5.16 Å². The Morgan fingerprint density at radius 1 is 1.38 bits per heavy atom. The molecule has 0 radical (unpaired) electrons. The highest BCUT2D eigenvalue weighted by Crippen LogP contribution is 2.21. The standard InChI is InChI=1S/C15H23N3O3/c1-12-9-14(21-16-12)11-17-4-2-3-13(10-17)15(19)18-5-7-20-8-6-18/h9,13H,2-8,10-11H2,1H3/t13-/m0/s1. The molecular weight excluding hydrogens is 270 g/mol. The Hall–Kier alpha value is -1.40. The molecule has 0 N–H and O–H groups in total. The van der Waals surface area contributed by atoms with Gasteiger partial charge in [0, 0.05) is 25.7 Å². The number of carbonyl (C=O) groups is 1. The summed E-state index contributed by atoms with van der Waals surface area (Å²) in [6.45, 7) is 7.30. The molecule has 116 valence electrons. The minimum Gasteiger partial charge on any atom is -0.378 e. The number of piperidine rings is 1. The van der Waals surface area contributed by atoms with Crippen molar-refractivity contribution in [2.75, 3.05) is 39.4 Å². The Bertz CT molecular complexity index is 482. The third kappa shape index (κ3) is 3.63. The first-order valence-corrected chi connectivity index (χ1v) is 7.73. The van der Waals surface area contributed by atoms with Crippen molar-refractivity contribution >= 4 is 5.91 Å². The number of rotatable bonds is 3. The van der Waals surface area contributed by atoms with Gasteiger partial charge in [-0.25, -0.2) is 0 Å². The molecule has 6 nitrogen and oxygen atoms in total. The van der Waals surface area contributed by atoms with Gasteiger partial charge in [0.15, 0.2) is 5.76 Å². The molecule has 21 heavy (non-hydrogen) atoms. The van der Waals surface area contributed by atoms with Gasteiger partial charge in [0.05, 0.1) is 31.4 Å². The van der Waals surface area contributed by atoms with Crippen LogP contribution in [0.2, 0.25) is 0 Å². The van der Waals surface area contributed by atoms with E-state index in [2.05, 4.69) is 10.1 Å². The molecule has 1 aromatic heterocycles. The van der Waals surface area contributed by atoms with Crippen molar-refractivity contribution in [2.24, 2.45) is 5.92 Å². The number of hydrogen-bond acceptors (Lipinski definition) is 5. The number of likely N-dealkylation sites (tertiary alicyclic amines) is 1. The summed E-state index contributed by atoms with van der Waals surface area (Å²) >= 11 is 0. The fraction of sp³-hybridized carbons (Fsp3) is 0.733. The van der Waals surface area contributed by atoms with Gasteiger partial charge in [-0.3, -0.25) is 9.69 Å². The largest absolute Gasteiger partial charge is 0.378 e. The zero-order chi connectivity index (χ0) is 14.7. The second-order valence-electron chi connectivity index (χ2n) is 5.95. The molecule has 1 atom stereocenters. The van der Waals surface area contributed by atoms with E-state index < -0.39 is 0 Å². The first-order valence-electron chi connectivity index (χ1n) is 7.73. The third-order valence-electron chi connectivity index (χ3n) is 4.23. The minimum absolute atomic E-state index is 0.112. The molecule has 0 aromatic carbocycles. The normalized spacial score (nSPS) is 24.2. The highest BCUT2D eigenvalue weighted by molar-refractivity contribution is 5.79. The second-order valence-corrected chi connectivity index (χ2v) is 5.95. The Balaban J connectivity index is 1.56. The van der Waals surface area contributed by atoms with Crippen LogP contribution in [0.25, 0.3) is 0 Å². The molecule has 2 saturated heterocycles. The Morgan fingerprint density at radius 3 is 2.90 bits per heavy atom. The van der Waals surface area contributed by atoms with Gasteiger partial charge in [0.2, 0.25) is 5.91 Å². The number of morpholine rings is 1. The average molecular weight is 293 g/mol. The van der Waals surface area contributed by atoms with E-state index in [0.29, 0.717) is 13.2 Å². The summed E-state index contributed by atoms with van der Waals surface area (Å²) in [4.78, 5) is 16.8. The number of hydrogen-bond donors (Lipinski definition) is 0. The quantitative estimate of drug-likeness (QED) is 0.834. The summed E-state index contributed by atoms with van der Waals surface area (Å²) in [5.74, 6) is 1.28. The zero-order valence-electron chi connectivity index (χ0n) is 12.6. The van der Waals surface area contributed by atoms with Crippen LogP contribution in [0.1, 0.15) is 24.3 Å². The number of ether oxygens (including phenoxy) is 1. The van der Waals surface area contributed by atoms with Crippen LogP contribution in [-0.4, -0.2) is 60.3 Å². The average Bonchev–Trinajstić information content (AvgIpc) is 2.93. The molecule has 0 bridgehead atoms. The molecule has 0 unspecified atom stereocenters. The van der Waals surface area contributed by atoms with Crippen molar-refractivity contribution in [2.45, 2.75) is 26.3 Å². The van der Waals surface area contributed by atoms with Crippen LogP contribution in [0.3, 0.4) is 0 Å².